The van der Waals surface area contributed by atoms with Crippen LogP contribution < -0.4 is 10.1 Å². The highest BCUT2D eigenvalue weighted by Gasteiger charge is 2.18. The molecule has 0 atom stereocenters. The number of hydrogen-bond donors (Lipinski definition) is 1. The van der Waals surface area contributed by atoms with E-state index in [0.29, 0.717) is 29.2 Å². The average Bonchev–Trinajstić information content (AvgIpc) is 3.49. The van der Waals surface area contributed by atoms with Crippen molar-refractivity contribution in [3.63, 3.8) is 0 Å². The number of nitrogens with zero attached hydrogens (tertiary/aromatic N) is 3. The number of rotatable bonds is 8. The van der Waals surface area contributed by atoms with Gasteiger partial charge in [-0.3, -0.25) is 4.79 Å². The van der Waals surface area contributed by atoms with Crippen molar-refractivity contribution in [1.29, 1.82) is 0 Å². The zero-order valence-electron chi connectivity index (χ0n) is 18.0. The Morgan fingerprint density at radius 1 is 1.19 bits per heavy atom. The van der Waals surface area contributed by atoms with E-state index >= 15 is 0 Å². The van der Waals surface area contributed by atoms with Crippen molar-refractivity contribution >= 4 is 17.2 Å². The lowest BCUT2D eigenvalue weighted by molar-refractivity contribution is 0.0948. The van der Waals surface area contributed by atoms with Crippen LogP contribution in [0.5, 0.6) is 5.75 Å². The molecule has 4 rings (SSSR count). The lowest BCUT2D eigenvalue weighted by Crippen LogP contribution is -2.39. The first-order chi connectivity index (χ1) is 15.1. The topological polar surface area (TPSA) is 80.5 Å². The summed E-state index contributed by atoms with van der Waals surface area (Å²) in [4.78, 5) is 20.8. The molecule has 0 saturated heterocycles. The van der Waals surface area contributed by atoms with E-state index in [2.05, 4.69) is 27.4 Å². The normalized spacial score (nSPS) is 14.7. The number of aromatic nitrogens is 2. The van der Waals surface area contributed by atoms with Gasteiger partial charge < -0.3 is 19.5 Å². The van der Waals surface area contributed by atoms with E-state index in [9.17, 15) is 4.79 Å². The molecule has 1 amide bonds. The number of nitrogens with one attached hydrogen (secondary N) is 1. The Hall–Kier alpha value is -2.71. The van der Waals surface area contributed by atoms with Gasteiger partial charge in [0.1, 0.15) is 5.75 Å². The van der Waals surface area contributed by atoms with Crippen molar-refractivity contribution in [2.45, 2.75) is 38.1 Å². The molecule has 0 spiro atoms. The smallest absolute Gasteiger partial charge is 0.261 e. The Morgan fingerprint density at radius 2 is 1.97 bits per heavy atom. The van der Waals surface area contributed by atoms with Gasteiger partial charge in [0.15, 0.2) is 0 Å². The Kier molecular flexibility index (Phi) is 6.99. The van der Waals surface area contributed by atoms with Gasteiger partial charge in [0.25, 0.3) is 11.8 Å². The summed E-state index contributed by atoms with van der Waals surface area (Å²) < 4.78 is 10.6. The Balaban J connectivity index is 1.32. The fraction of sp³-hybridized carbons (Fsp3) is 0.435. The summed E-state index contributed by atoms with van der Waals surface area (Å²) in [5.74, 6) is 1.62. The summed E-state index contributed by atoms with van der Waals surface area (Å²) in [6.07, 6.45) is 6.51. The summed E-state index contributed by atoms with van der Waals surface area (Å²) in [7, 11) is 3.78. The van der Waals surface area contributed by atoms with Gasteiger partial charge in [-0.25, -0.2) is 0 Å². The first-order valence-electron chi connectivity index (χ1n) is 10.7. The monoisotopic (exact) mass is 440 g/mol. The second-order valence-corrected chi connectivity index (χ2v) is 8.93. The van der Waals surface area contributed by atoms with Crippen LogP contribution >= 0.6 is 11.3 Å². The van der Waals surface area contributed by atoms with Crippen LogP contribution in [0.3, 0.4) is 0 Å². The Bertz CT molecular complexity index is 992. The molecule has 1 N–H and O–H groups in total. The highest BCUT2D eigenvalue weighted by Crippen LogP contribution is 2.29. The quantitative estimate of drug-likeness (QED) is 0.557. The molecule has 1 aliphatic carbocycles. The molecular formula is C23H28N4O3S. The van der Waals surface area contributed by atoms with Crippen LogP contribution in [0.25, 0.3) is 22.2 Å². The van der Waals surface area contributed by atoms with Gasteiger partial charge in [-0.1, -0.05) is 24.4 Å². The van der Waals surface area contributed by atoms with E-state index in [1.165, 1.54) is 43.4 Å². The summed E-state index contributed by atoms with van der Waals surface area (Å²) >= 11 is 1.36. The van der Waals surface area contributed by atoms with Gasteiger partial charge in [0.05, 0.1) is 16.9 Å². The second kappa shape index (κ2) is 10.1. The van der Waals surface area contributed by atoms with Crippen molar-refractivity contribution in [2.75, 3.05) is 27.2 Å². The van der Waals surface area contributed by atoms with Crippen LogP contribution in [0.2, 0.25) is 0 Å². The van der Waals surface area contributed by atoms with E-state index in [-0.39, 0.29) is 5.91 Å². The fourth-order valence-corrected chi connectivity index (χ4v) is 4.74. The lowest BCUT2D eigenvalue weighted by Gasteiger charge is -2.31. The molecule has 8 heteroatoms. The number of ether oxygens (including phenoxy) is 1. The summed E-state index contributed by atoms with van der Waals surface area (Å²) in [5, 5.41) is 7.10. The first kappa shape index (κ1) is 21.5. The third-order valence-corrected chi connectivity index (χ3v) is 6.84. The van der Waals surface area contributed by atoms with Crippen molar-refractivity contribution in [3.05, 3.63) is 41.3 Å². The molecular weight excluding hydrogens is 412 g/mol. The van der Waals surface area contributed by atoms with Gasteiger partial charge >= 0.3 is 0 Å². The number of carbonyl (C=O) groups excluding carboxylic acids is 1. The van der Waals surface area contributed by atoms with Crippen molar-refractivity contribution < 1.29 is 14.1 Å². The minimum Gasteiger partial charge on any atom is -0.497 e. The predicted octanol–water partition coefficient (Wildman–Crippen LogP) is 4.47. The van der Waals surface area contributed by atoms with Crippen molar-refractivity contribution in [3.8, 4) is 27.9 Å². The maximum Gasteiger partial charge on any atom is 0.261 e. The maximum atomic E-state index is 12.5. The first-order valence-corrected chi connectivity index (χ1v) is 11.5. The fourth-order valence-electron chi connectivity index (χ4n) is 3.89. The third kappa shape index (κ3) is 5.32. The van der Waals surface area contributed by atoms with E-state index in [0.717, 1.165) is 22.7 Å². The van der Waals surface area contributed by atoms with Crippen LogP contribution in [0.15, 0.2) is 40.9 Å². The van der Waals surface area contributed by atoms with E-state index < -0.39 is 0 Å². The van der Waals surface area contributed by atoms with E-state index in [1.54, 1.807) is 7.11 Å². The summed E-state index contributed by atoms with van der Waals surface area (Å²) in [6.45, 7) is 1.51. The molecule has 1 aliphatic rings. The average molecular weight is 441 g/mol. The molecule has 0 unspecified atom stereocenters. The number of hydrogen-bond acceptors (Lipinski definition) is 7. The SMILES string of the molecule is COc1ccc(-c2nc(-c3ccc(C(=O)NCCN(C)C4CCCCC4)s3)no2)cc1. The zero-order chi connectivity index (χ0) is 21.6. The number of methoxy groups -OCH3 is 1. The minimum absolute atomic E-state index is 0.0628. The predicted molar refractivity (Wildman–Crippen MR) is 121 cm³/mol. The third-order valence-electron chi connectivity index (χ3n) is 5.76. The number of likely N-dealkylation sites (N-methyl/N-ethyl adjacent to an activating group) is 1. The van der Waals surface area contributed by atoms with Gasteiger partial charge in [-0.2, -0.15) is 4.98 Å². The van der Waals surface area contributed by atoms with Gasteiger partial charge in [0, 0.05) is 24.7 Å². The molecule has 1 fully saturated rings. The van der Waals surface area contributed by atoms with Gasteiger partial charge in [-0.05, 0) is 56.3 Å². The highest BCUT2D eigenvalue weighted by molar-refractivity contribution is 7.17. The largest absolute Gasteiger partial charge is 0.497 e. The molecule has 0 radical (unpaired) electrons. The second-order valence-electron chi connectivity index (χ2n) is 7.84. The molecule has 0 aliphatic heterocycles. The molecule has 0 bridgehead atoms. The lowest BCUT2D eigenvalue weighted by atomic mass is 9.94. The highest BCUT2D eigenvalue weighted by atomic mass is 32.1. The van der Waals surface area contributed by atoms with Crippen LogP contribution in [-0.2, 0) is 0 Å². The molecule has 1 aromatic carbocycles. The van der Waals surface area contributed by atoms with Crippen molar-refractivity contribution in [2.24, 2.45) is 0 Å². The summed E-state index contributed by atoms with van der Waals surface area (Å²) in [6, 6.07) is 11.7. The van der Waals surface area contributed by atoms with Crippen LogP contribution in [0, 0.1) is 0 Å². The van der Waals surface area contributed by atoms with Crippen molar-refractivity contribution in [1.82, 2.24) is 20.4 Å². The molecule has 164 valence electrons. The van der Waals surface area contributed by atoms with Gasteiger partial charge in [0.2, 0.25) is 5.82 Å². The molecule has 3 aromatic rings. The zero-order valence-corrected chi connectivity index (χ0v) is 18.8. The molecule has 7 nitrogen and oxygen atoms in total. The Labute approximate surface area is 186 Å². The molecule has 2 aromatic heterocycles. The summed E-state index contributed by atoms with van der Waals surface area (Å²) in [5.41, 5.74) is 0.816. The number of carbonyl (C=O) groups is 1. The van der Waals surface area contributed by atoms with Crippen LogP contribution in [0.4, 0.5) is 0 Å². The maximum absolute atomic E-state index is 12.5. The van der Waals surface area contributed by atoms with Crippen LogP contribution in [-0.4, -0.2) is 54.2 Å². The standard InChI is InChI=1S/C23H28N4O3S/c1-27(17-6-4-3-5-7-17)15-14-24-22(28)20-13-12-19(31-20)21-25-23(30-26-21)16-8-10-18(29-2)11-9-16/h8-13,17H,3-7,14-15H2,1-2H3,(H,24,28). The number of benzene rings is 1. The van der Waals surface area contributed by atoms with Crippen LogP contribution in [0.1, 0.15) is 41.8 Å². The van der Waals surface area contributed by atoms with E-state index in [1.807, 2.05) is 36.4 Å². The number of thiophene rings is 1. The van der Waals surface area contributed by atoms with E-state index in [4.69, 9.17) is 9.26 Å². The number of amides is 1. The molecule has 2 heterocycles. The molecule has 31 heavy (non-hydrogen) atoms. The Morgan fingerprint density at radius 3 is 2.71 bits per heavy atom. The van der Waals surface area contributed by atoms with Gasteiger partial charge in [-0.15, -0.1) is 11.3 Å². The minimum atomic E-state index is -0.0628. The molecule has 1 saturated carbocycles.